The first kappa shape index (κ1) is 23.1. The third-order valence-corrected chi connectivity index (χ3v) is 4.79. The minimum Gasteiger partial charge on any atom is -0.481 e. The second kappa shape index (κ2) is 9.25. The van der Waals surface area contributed by atoms with E-state index in [1.165, 1.54) is 25.3 Å². The summed E-state index contributed by atoms with van der Waals surface area (Å²) in [5, 5.41) is 5.53. The maximum Gasteiger partial charge on any atom is 0.416 e. The number of hydrogen-bond donors (Lipinski definition) is 2. The Bertz CT molecular complexity index is 1150. The number of hydrogen-bond acceptors (Lipinski definition) is 4. The Morgan fingerprint density at radius 1 is 1.03 bits per heavy atom. The van der Waals surface area contributed by atoms with E-state index in [9.17, 15) is 22.4 Å². The molecular weight excluding hydrogens is 426 g/mol. The first-order valence-corrected chi connectivity index (χ1v) is 9.72. The number of nitrogens with zero attached hydrogens (tertiary/aromatic N) is 1. The van der Waals surface area contributed by atoms with Crippen LogP contribution in [0.4, 0.5) is 34.6 Å². The highest BCUT2D eigenvalue weighted by Crippen LogP contribution is 2.34. The summed E-state index contributed by atoms with van der Waals surface area (Å²) in [6.45, 7) is 3.45. The third kappa shape index (κ3) is 5.16. The van der Waals surface area contributed by atoms with Crippen LogP contribution in [0.1, 0.15) is 34.1 Å². The molecule has 2 aromatic carbocycles. The fourth-order valence-electron chi connectivity index (χ4n) is 3.10. The summed E-state index contributed by atoms with van der Waals surface area (Å²) >= 11 is 0. The SMILES string of the molecule is CCc1nc(OC)ccc1NC(=O)c1ccc(C(F)(F)F)cc1Nc1ccc(F)cc1C. The molecule has 0 aliphatic rings. The van der Waals surface area contributed by atoms with Crippen molar-refractivity contribution in [2.24, 2.45) is 0 Å². The normalized spacial score (nSPS) is 11.2. The van der Waals surface area contributed by atoms with Crippen molar-refractivity contribution in [1.82, 2.24) is 4.98 Å². The van der Waals surface area contributed by atoms with Crippen molar-refractivity contribution >= 4 is 23.0 Å². The largest absolute Gasteiger partial charge is 0.481 e. The summed E-state index contributed by atoms with van der Waals surface area (Å²) in [6.07, 6.45) is -4.10. The first-order valence-electron chi connectivity index (χ1n) is 9.72. The Morgan fingerprint density at radius 3 is 2.38 bits per heavy atom. The summed E-state index contributed by atoms with van der Waals surface area (Å²) < 4.78 is 58.4. The van der Waals surface area contributed by atoms with Gasteiger partial charge in [0, 0.05) is 11.8 Å². The zero-order valence-corrected chi connectivity index (χ0v) is 17.6. The maximum atomic E-state index is 13.4. The number of aromatic nitrogens is 1. The van der Waals surface area contributed by atoms with Crippen LogP contribution >= 0.6 is 0 Å². The number of ether oxygens (including phenoxy) is 1. The van der Waals surface area contributed by atoms with Gasteiger partial charge in [0.15, 0.2) is 0 Å². The number of anilines is 3. The van der Waals surface area contributed by atoms with Crippen molar-refractivity contribution in [3.05, 3.63) is 76.7 Å². The fourth-order valence-corrected chi connectivity index (χ4v) is 3.10. The van der Waals surface area contributed by atoms with Crippen LogP contribution in [0.15, 0.2) is 48.5 Å². The van der Waals surface area contributed by atoms with E-state index in [-0.39, 0.29) is 11.3 Å². The van der Waals surface area contributed by atoms with Gasteiger partial charge in [0.1, 0.15) is 5.82 Å². The van der Waals surface area contributed by atoms with E-state index in [1.54, 1.807) is 19.1 Å². The number of benzene rings is 2. The average molecular weight is 447 g/mol. The van der Waals surface area contributed by atoms with Crippen LogP contribution in [-0.4, -0.2) is 18.0 Å². The lowest BCUT2D eigenvalue weighted by atomic mass is 10.1. The number of amides is 1. The molecule has 1 amide bonds. The van der Waals surface area contributed by atoms with Gasteiger partial charge in [0.25, 0.3) is 5.91 Å². The highest BCUT2D eigenvalue weighted by molar-refractivity contribution is 6.08. The van der Waals surface area contributed by atoms with E-state index in [0.29, 0.717) is 34.9 Å². The second-order valence-electron chi connectivity index (χ2n) is 7.00. The Hall–Kier alpha value is -3.62. The Labute approximate surface area is 182 Å². The van der Waals surface area contributed by atoms with Crippen molar-refractivity contribution in [3.63, 3.8) is 0 Å². The second-order valence-corrected chi connectivity index (χ2v) is 7.00. The van der Waals surface area contributed by atoms with E-state index in [0.717, 1.165) is 18.2 Å². The average Bonchev–Trinajstić information content (AvgIpc) is 2.75. The van der Waals surface area contributed by atoms with E-state index < -0.39 is 23.5 Å². The van der Waals surface area contributed by atoms with E-state index in [1.807, 2.05) is 6.92 Å². The summed E-state index contributed by atoms with van der Waals surface area (Å²) in [5.41, 5.74) is 0.833. The minimum atomic E-state index is -4.60. The molecule has 0 fully saturated rings. The van der Waals surface area contributed by atoms with Gasteiger partial charge in [0.05, 0.1) is 35.3 Å². The van der Waals surface area contributed by atoms with Crippen molar-refractivity contribution < 1.29 is 27.1 Å². The molecule has 0 atom stereocenters. The Morgan fingerprint density at radius 2 is 1.75 bits per heavy atom. The van der Waals surface area contributed by atoms with Crippen LogP contribution in [0, 0.1) is 12.7 Å². The number of pyridine rings is 1. The van der Waals surface area contributed by atoms with Gasteiger partial charge in [-0.05, 0) is 61.4 Å². The lowest BCUT2D eigenvalue weighted by Gasteiger charge is -2.17. The number of carbonyl (C=O) groups excluding carboxylic acids is 1. The lowest BCUT2D eigenvalue weighted by molar-refractivity contribution is -0.137. The molecule has 2 N–H and O–H groups in total. The van der Waals surface area contributed by atoms with Crippen LogP contribution in [0.5, 0.6) is 5.88 Å². The van der Waals surface area contributed by atoms with Gasteiger partial charge < -0.3 is 15.4 Å². The molecule has 0 radical (unpaired) electrons. The number of aryl methyl sites for hydroxylation is 2. The number of rotatable bonds is 6. The summed E-state index contributed by atoms with van der Waals surface area (Å²) in [6, 6.07) is 9.80. The summed E-state index contributed by atoms with van der Waals surface area (Å²) in [5.74, 6) is -0.722. The molecule has 0 bridgehead atoms. The van der Waals surface area contributed by atoms with Crippen molar-refractivity contribution in [3.8, 4) is 5.88 Å². The number of carbonyl (C=O) groups is 1. The smallest absolute Gasteiger partial charge is 0.416 e. The Kier molecular flexibility index (Phi) is 6.67. The lowest BCUT2D eigenvalue weighted by Crippen LogP contribution is -2.17. The molecule has 3 rings (SSSR count). The fraction of sp³-hybridized carbons (Fsp3) is 0.217. The Balaban J connectivity index is 2.00. The van der Waals surface area contributed by atoms with Gasteiger partial charge >= 0.3 is 6.18 Å². The molecule has 0 aliphatic heterocycles. The minimum absolute atomic E-state index is 0.0143. The third-order valence-electron chi connectivity index (χ3n) is 4.79. The van der Waals surface area contributed by atoms with Crippen LogP contribution < -0.4 is 15.4 Å². The van der Waals surface area contributed by atoms with Gasteiger partial charge in [-0.1, -0.05) is 6.92 Å². The van der Waals surface area contributed by atoms with Crippen molar-refractivity contribution in [2.45, 2.75) is 26.4 Å². The predicted molar refractivity (Wildman–Crippen MR) is 114 cm³/mol. The standard InChI is InChI=1S/C23H21F4N3O2/c1-4-17-19(9-10-21(29-17)32-3)30-22(31)16-7-5-14(23(25,26)27)12-20(16)28-18-8-6-15(24)11-13(18)2/h5-12,28H,4H2,1-3H3,(H,30,31). The molecule has 0 aliphatic carbocycles. The summed E-state index contributed by atoms with van der Waals surface area (Å²) in [7, 11) is 1.47. The van der Waals surface area contributed by atoms with Gasteiger partial charge in [-0.3, -0.25) is 4.79 Å². The van der Waals surface area contributed by atoms with Crippen molar-refractivity contribution in [2.75, 3.05) is 17.7 Å². The molecule has 0 saturated carbocycles. The van der Waals surface area contributed by atoms with Crippen LogP contribution in [0.3, 0.4) is 0 Å². The number of halogens is 4. The van der Waals surface area contributed by atoms with Gasteiger partial charge in [-0.25, -0.2) is 9.37 Å². The number of methoxy groups -OCH3 is 1. The maximum absolute atomic E-state index is 13.4. The molecule has 32 heavy (non-hydrogen) atoms. The zero-order valence-electron chi connectivity index (χ0n) is 17.6. The highest BCUT2D eigenvalue weighted by atomic mass is 19.4. The predicted octanol–water partition coefficient (Wildman–Crippen LogP) is 6.11. The van der Waals surface area contributed by atoms with Gasteiger partial charge in [-0.15, -0.1) is 0 Å². The molecular formula is C23H21F4N3O2. The van der Waals surface area contributed by atoms with Gasteiger partial charge in [-0.2, -0.15) is 13.2 Å². The number of alkyl halides is 3. The highest BCUT2D eigenvalue weighted by Gasteiger charge is 2.31. The number of nitrogens with one attached hydrogen (secondary N) is 2. The molecule has 9 heteroatoms. The molecule has 3 aromatic rings. The monoisotopic (exact) mass is 447 g/mol. The van der Waals surface area contributed by atoms with Crippen LogP contribution in [-0.2, 0) is 12.6 Å². The van der Waals surface area contributed by atoms with Crippen LogP contribution in [0.2, 0.25) is 0 Å². The molecule has 1 aromatic heterocycles. The van der Waals surface area contributed by atoms with Gasteiger partial charge in [0.2, 0.25) is 5.88 Å². The molecule has 0 spiro atoms. The van der Waals surface area contributed by atoms with Crippen molar-refractivity contribution in [1.29, 1.82) is 0 Å². The van der Waals surface area contributed by atoms with E-state index in [2.05, 4.69) is 15.6 Å². The molecule has 1 heterocycles. The quantitative estimate of drug-likeness (QED) is 0.447. The van der Waals surface area contributed by atoms with Crippen LogP contribution in [0.25, 0.3) is 0 Å². The zero-order chi connectivity index (χ0) is 23.5. The van der Waals surface area contributed by atoms with E-state index >= 15 is 0 Å². The molecule has 168 valence electrons. The topological polar surface area (TPSA) is 63.2 Å². The van der Waals surface area contributed by atoms with E-state index in [4.69, 9.17) is 4.74 Å². The summed E-state index contributed by atoms with van der Waals surface area (Å²) in [4.78, 5) is 17.3. The first-order chi connectivity index (χ1) is 15.1. The molecule has 5 nitrogen and oxygen atoms in total. The molecule has 0 unspecified atom stereocenters. The molecule has 0 saturated heterocycles.